The van der Waals surface area contributed by atoms with Crippen molar-refractivity contribution in [3.63, 3.8) is 0 Å². The van der Waals surface area contributed by atoms with Gasteiger partial charge in [0.05, 0.1) is 12.8 Å². The molecular formula is C21H21BrN4O2. The Morgan fingerprint density at radius 2 is 1.82 bits per heavy atom. The van der Waals surface area contributed by atoms with E-state index in [1.807, 2.05) is 37.3 Å². The summed E-state index contributed by atoms with van der Waals surface area (Å²) in [5, 5.41) is 4.26. The third kappa shape index (κ3) is 3.67. The molecule has 1 aliphatic heterocycles. The van der Waals surface area contributed by atoms with Gasteiger partial charge in [0.25, 0.3) is 0 Å². The molecule has 3 aromatic rings. The van der Waals surface area contributed by atoms with Gasteiger partial charge < -0.3 is 4.98 Å². The fourth-order valence-electron chi connectivity index (χ4n) is 3.75. The van der Waals surface area contributed by atoms with Gasteiger partial charge in [-0.05, 0) is 52.5 Å². The van der Waals surface area contributed by atoms with E-state index in [0.29, 0.717) is 13.1 Å². The summed E-state index contributed by atoms with van der Waals surface area (Å²) in [7, 11) is 0. The van der Waals surface area contributed by atoms with Gasteiger partial charge in [0.2, 0.25) is 11.8 Å². The highest BCUT2D eigenvalue weighted by Crippen LogP contribution is 2.24. The Labute approximate surface area is 171 Å². The maximum Gasteiger partial charge on any atom is 0.245 e. The molecule has 6 nitrogen and oxygen atoms in total. The molecule has 1 saturated heterocycles. The minimum atomic E-state index is -0.0820. The van der Waals surface area contributed by atoms with Crippen molar-refractivity contribution in [1.82, 2.24) is 20.0 Å². The zero-order valence-electron chi connectivity index (χ0n) is 15.6. The van der Waals surface area contributed by atoms with E-state index >= 15 is 0 Å². The number of aromatic amines is 1. The van der Waals surface area contributed by atoms with E-state index in [4.69, 9.17) is 0 Å². The van der Waals surface area contributed by atoms with Crippen LogP contribution in [-0.2, 0) is 22.4 Å². The predicted octanol–water partition coefficient (Wildman–Crippen LogP) is 3.39. The van der Waals surface area contributed by atoms with Gasteiger partial charge in [-0.1, -0.05) is 18.2 Å². The number of carbonyl (C=O) groups is 2. The van der Waals surface area contributed by atoms with Crippen molar-refractivity contribution in [1.29, 1.82) is 0 Å². The molecule has 0 atom stereocenters. The van der Waals surface area contributed by atoms with E-state index in [9.17, 15) is 9.59 Å². The molecule has 0 bridgehead atoms. The van der Waals surface area contributed by atoms with Gasteiger partial charge in [-0.15, -0.1) is 0 Å². The monoisotopic (exact) mass is 440 g/mol. The van der Waals surface area contributed by atoms with Gasteiger partial charge in [-0.25, -0.2) is 0 Å². The molecule has 2 amide bonds. The number of H-pyrrole nitrogens is 1. The molecule has 1 aliphatic rings. The van der Waals surface area contributed by atoms with Crippen LogP contribution < -0.4 is 0 Å². The maximum atomic E-state index is 13.0. The van der Waals surface area contributed by atoms with Crippen LogP contribution in [0.2, 0.25) is 0 Å². The van der Waals surface area contributed by atoms with Crippen LogP contribution >= 0.6 is 15.9 Å². The van der Waals surface area contributed by atoms with Crippen molar-refractivity contribution in [2.75, 3.05) is 13.1 Å². The summed E-state index contributed by atoms with van der Waals surface area (Å²) in [4.78, 5) is 33.3. The van der Waals surface area contributed by atoms with E-state index in [1.54, 1.807) is 22.4 Å². The molecule has 1 N–H and O–H groups in total. The van der Waals surface area contributed by atoms with E-state index in [0.717, 1.165) is 38.6 Å². The molecule has 1 aromatic carbocycles. The highest BCUT2D eigenvalue weighted by molar-refractivity contribution is 9.10. The number of aromatic nitrogens is 2. The number of nitrogens with one attached hydrogen (secondary N) is 1. The molecule has 0 spiro atoms. The summed E-state index contributed by atoms with van der Waals surface area (Å²) in [6.45, 7) is 3.12. The summed E-state index contributed by atoms with van der Waals surface area (Å²) in [6, 6.07) is 9.86. The molecule has 0 saturated carbocycles. The fraction of sp³-hybridized carbons (Fsp3) is 0.286. The topological polar surface area (TPSA) is 69.3 Å². The molecule has 1 fully saturated rings. The van der Waals surface area contributed by atoms with Crippen LogP contribution in [-0.4, -0.2) is 44.9 Å². The highest BCUT2D eigenvalue weighted by atomic mass is 79.9. The number of hydrazine groups is 1. The number of carbonyl (C=O) groups excluding carboxylic acids is 2. The minimum Gasteiger partial charge on any atom is -0.358 e. The van der Waals surface area contributed by atoms with Crippen molar-refractivity contribution in [2.24, 2.45) is 0 Å². The lowest BCUT2D eigenvalue weighted by Crippen LogP contribution is -2.46. The first kappa shape index (κ1) is 18.7. The second-order valence-electron chi connectivity index (χ2n) is 7.03. The number of halogens is 1. The maximum absolute atomic E-state index is 13.0. The molecule has 0 radical (unpaired) electrons. The Bertz CT molecular complexity index is 1050. The molecule has 2 aromatic heterocycles. The first-order valence-electron chi connectivity index (χ1n) is 9.29. The molecule has 144 valence electrons. The Kier molecular flexibility index (Phi) is 5.17. The smallest absolute Gasteiger partial charge is 0.245 e. The summed E-state index contributed by atoms with van der Waals surface area (Å²) in [5.41, 5.74) is 3.84. The van der Waals surface area contributed by atoms with Crippen molar-refractivity contribution >= 4 is 38.6 Å². The first-order chi connectivity index (χ1) is 13.5. The minimum absolute atomic E-state index is 0.0499. The van der Waals surface area contributed by atoms with Crippen molar-refractivity contribution in [2.45, 2.75) is 26.2 Å². The molecular weight excluding hydrogens is 420 g/mol. The Hall–Kier alpha value is -2.67. The van der Waals surface area contributed by atoms with Crippen molar-refractivity contribution < 1.29 is 9.59 Å². The van der Waals surface area contributed by atoms with Gasteiger partial charge in [-0.3, -0.25) is 24.6 Å². The average molecular weight is 441 g/mol. The Morgan fingerprint density at radius 3 is 2.57 bits per heavy atom. The van der Waals surface area contributed by atoms with Crippen LogP contribution in [0.15, 0.2) is 47.2 Å². The first-order valence-corrected chi connectivity index (χ1v) is 10.1. The van der Waals surface area contributed by atoms with Crippen LogP contribution in [0.3, 0.4) is 0 Å². The second-order valence-corrected chi connectivity index (χ2v) is 7.94. The van der Waals surface area contributed by atoms with Crippen LogP contribution in [0.5, 0.6) is 0 Å². The van der Waals surface area contributed by atoms with Crippen LogP contribution in [0.1, 0.15) is 23.2 Å². The number of hydrogen-bond acceptors (Lipinski definition) is 3. The lowest BCUT2D eigenvalue weighted by molar-refractivity contribution is -0.157. The number of nitrogens with zero attached hydrogens (tertiary/aromatic N) is 3. The quantitative estimate of drug-likeness (QED) is 0.675. The summed E-state index contributed by atoms with van der Waals surface area (Å²) in [5.74, 6) is -0.132. The number of fused-ring (bicyclic) bond motifs is 1. The van der Waals surface area contributed by atoms with Crippen molar-refractivity contribution in [3.8, 4) is 0 Å². The molecule has 28 heavy (non-hydrogen) atoms. The Balaban J connectivity index is 1.50. The van der Waals surface area contributed by atoms with Gasteiger partial charge in [0.1, 0.15) is 0 Å². The van der Waals surface area contributed by atoms with E-state index in [1.165, 1.54) is 0 Å². The standard InChI is InChI=1S/C21H21BrN4O2/c1-14-18(17-5-2-3-6-19(17)24-14)11-21(28)26-8-4-7-25(26)20(27)10-15-9-16(22)13-23-12-15/h2-3,5-6,9,12-13,24H,4,7-8,10-11H2,1H3. The van der Waals surface area contributed by atoms with Gasteiger partial charge in [0, 0.05) is 46.6 Å². The fourth-order valence-corrected chi connectivity index (χ4v) is 4.17. The lowest BCUT2D eigenvalue weighted by atomic mass is 10.1. The number of hydrogen-bond donors (Lipinski definition) is 1. The SMILES string of the molecule is Cc1[nH]c2ccccc2c1CC(=O)N1CCCN1C(=O)Cc1cncc(Br)c1. The van der Waals surface area contributed by atoms with E-state index < -0.39 is 0 Å². The van der Waals surface area contributed by atoms with E-state index in [-0.39, 0.29) is 24.7 Å². The zero-order valence-corrected chi connectivity index (χ0v) is 17.2. The van der Waals surface area contributed by atoms with Crippen LogP contribution in [0.25, 0.3) is 10.9 Å². The number of rotatable bonds is 4. The second kappa shape index (κ2) is 7.75. The highest BCUT2D eigenvalue weighted by Gasteiger charge is 2.31. The number of amides is 2. The Morgan fingerprint density at radius 1 is 1.11 bits per heavy atom. The zero-order chi connectivity index (χ0) is 19.7. The number of aryl methyl sites for hydroxylation is 1. The lowest BCUT2D eigenvalue weighted by Gasteiger charge is -2.28. The number of para-hydroxylation sites is 1. The molecule has 0 aliphatic carbocycles. The predicted molar refractivity (Wildman–Crippen MR) is 110 cm³/mol. The van der Waals surface area contributed by atoms with Gasteiger partial charge in [-0.2, -0.15) is 0 Å². The molecule has 7 heteroatoms. The largest absolute Gasteiger partial charge is 0.358 e. The van der Waals surface area contributed by atoms with Crippen LogP contribution in [0, 0.1) is 6.92 Å². The van der Waals surface area contributed by atoms with E-state index in [2.05, 4.69) is 25.9 Å². The summed E-state index contributed by atoms with van der Waals surface area (Å²) >= 11 is 3.38. The van der Waals surface area contributed by atoms with Gasteiger partial charge >= 0.3 is 0 Å². The van der Waals surface area contributed by atoms with Crippen molar-refractivity contribution in [3.05, 3.63) is 64.0 Å². The van der Waals surface area contributed by atoms with Crippen LogP contribution in [0.4, 0.5) is 0 Å². The molecule has 3 heterocycles. The average Bonchev–Trinajstić information content (AvgIpc) is 3.27. The normalized spacial score (nSPS) is 14.1. The van der Waals surface area contributed by atoms with Gasteiger partial charge in [0.15, 0.2) is 0 Å². The summed E-state index contributed by atoms with van der Waals surface area (Å²) < 4.78 is 0.835. The third-order valence-electron chi connectivity index (χ3n) is 5.08. The molecule has 4 rings (SSSR count). The summed E-state index contributed by atoms with van der Waals surface area (Å²) in [6.07, 6.45) is 4.66. The molecule has 0 unspecified atom stereocenters. The number of benzene rings is 1. The third-order valence-corrected chi connectivity index (χ3v) is 5.51. The number of pyridine rings is 1.